The van der Waals surface area contributed by atoms with Crippen molar-refractivity contribution < 1.29 is 4.79 Å². The number of benzene rings is 2. The molecular weight excluding hydrogens is 384 g/mol. The number of anilines is 1. The summed E-state index contributed by atoms with van der Waals surface area (Å²) in [7, 11) is 0. The highest BCUT2D eigenvalue weighted by Gasteiger charge is 2.10. The number of nitrogens with one attached hydrogen (secondary N) is 2. The number of halogens is 1. The van der Waals surface area contributed by atoms with Gasteiger partial charge in [-0.15, -0.1) is 0 Å². The summed E-state index contributed by atoms with van der Waals surface area (Å²) in [4.78, 5) is 29.1. The quantitative estimate of drug-likeness (QED) is 0.645. The minimum atomic E-state index is -0.215. The third-order valence-electron chi connectivity index (χ3n) is 3.77. The average Bonchev–Trinajstić information content (AvgIpc) is 2.62. The second kappa shape index (κ2) is 7.48. The Morgan fingerprint density at radius 1 is 1.16 bits per heavy atom. The van der Waals surface area contributed by atoms with Crippen LogP contribution in [0, 0.1) is 0 Å². The zero-order chi connectivity index (χ0) is 17.8. The van der Waals surface area contributed by atoms with Crippen LogP contribution in [0.3, 0.4) is 0 Å². The summed E-state index contributed by atoms with van der Waals surface area (Å²) >= 11 is 3.36. The highest BCUT2D eigenvalue weighted by atomic mass is 79.9. The number of carbonyl (C=O) groups excluding carboxylic acids is 1. The lowest BCUT2D eigenvalue weighted by molar-refractivity contribution is -0.119. The maximum atomic E-state index is 12.5. The van der Waals surface area contributed by atoms with Gasteiger partial charge in [-0.25, -0.2) is 4.98 Å². The third-order valence-corrected chi connectivity index (χ3v) is 4.30. The molecule has 2 N–H and O–H groups in total. The Bertz CT molecular complexity index is 967. The molecule has 128 valence electrons. The molecule has 0 fully saturated rings. The van der Waals surface area contributed by atoms with E-state index in [9.17, 15) is 9.59 Å². The van der Waals surface area contributed by atoms with Crippen molar-refractivity contribution in [1.82, 2.24) is 15.0 Å². The highest BCUT2D eigenvalue weighted by molar-refractivity contribution is 9.10. The van der Waals surface area contributed by atoms with Gasteiger partial charge in [0, 0.05) is 11.0 Å². The number of rotatable bonds is 5. The molecule has 7 heteroatoms. The Balaban J connectivity index is 1.77. The molecule has 0 aliphatic rings. The van der Waals surface area contributed by atoms with E-state index >= 15 is 0 Å². The van der Waals surface area contributed by atoms with E-state index in [2.05, 4.69) is 31.8 Å². The van der Waals surface area contributed by atoms with Gasteiger partial charge in [0.05, 0.1) is 17.3 Å². The molecule has 0 aliphatic carbocycles. The number of fused-ring (bicyclic) bond motifs is 1. The van der Waals surface area contributed by atoms with Gasteiger partial charge >= 0.3 is 0 Å². The van der Waals surface area contributed by atoms with Crippen molar-refractivity contribution in [2.75, 3.05) is 5.43 Å². The van der Waals surface area contributed by atoms with Gasteiger partial charge in [0.2, 0.25) is 11.9 Å². The summed E-state index contributed by atoms with van der Waals surface area (Å²) in [5.74, 6) is 0.0998. The molecule has 6 nitrogen and oxygen atoms in total. The number of hydrogen-bond donors (Lipinski definition) is 2. The van der Waals surface area contributed by atoms with Crippen LogP contribution in [0.1, 0.15) is 12.5 Å². The van der Waals surface area contributed by atoms with E-state index in [0.717, 1.165) is 10.0 Å². The van der Waals surface area contributed by atoms with Crippen LogP contribution in [0.15, 0.2) is 57.8 Å². The molecule has 0 radical (unpaired) electrons. The van der Waals surface area contributed by atoms with Crippen molar-refractivity contribution >= 4 is 38.7 Å². The first-order chi connectivity index (χ1) is 12.1. The largest absolute Gasteiger partial charge is 0.277 e. The SMILES string of the molecule is CCn1c(NNC(=O)Cc2ccc(Br)cc2)nc2ccccc2c1=O. The number of para-hydroxylation sites is 1. The second-order valence-corrected chi connectivity index (χ2v) is 6.39. The van der Waals surface area contributed by atoms with Gasteiger partial charge < -0.3 is 0 Å². The topological polar surface area (TPSA) is 76.0 Å². The van der Waals surface area contributed by atoms with Gasteiger partial charge in [0.25, 0.3) is 5.56 Å². The Kier molecular flexibility index (Phi) is 5.14. The summed E-state index contributed by atoms with van der Waals surface area (Å²) < 4.78 is 2.45. The lowest BCUT2D eigenvalue weighted by atomic mass is 10.1. The summed E-state index contributed by atoms with van der Waals surface area (Å²) in [5.41, 5.74) is 6.71. The van der Waals surface area contributed by atoms with Gasteiger partial charge in [0.15, 0.2) is 0 Å². The second-order valence-electron chi connectivity index (χ2n) is 5.48. The number of nitrogens with zero attached hydrogens (tertiary/aromatic N) is 2. The summed E-state index contributed by atoms with van der Waals surface area (Å²) in [6.45, 7) is 2.30. The number of hydrogen-bond acceptors (Lipinski definition) is 4. The minimum Gasteiger partial charge on any atom is -0.277 e. The molecule has 1 aromatic heterocycles. The van der Waals surface area contributed by atoms with Crippen molar-refractivity contribution in [3.63, 3.8) is 0 Å². The minimum absolute atomic E-state index is 0.141. The molecule has 25 heavy (non-hydrogen) atoms. The van der Waals surface area contributed by atoms with E-state index in [4.69, 9.17) is 0 Å². The maximum Gasteiger partial charge on any atom is 0.262 e. The van der Waals surface area contributed by atoms with E-state index in [1.165, 1.54) is 4.57 Å². The van der Waals surface area contributed by atoms with E-state index in [0.29, 0.717) is 23.4 Å². The zero-order valence-corrected chi connectivity index (χ0v) is 15.2. The molecule has 0 saturated carbocycles. The fourth-order valence-electron chi connectivity index (χ4n) is 2.51. The lowest BCUT2D eigenvalue weighted by Gasteiger charge is -2.14. The third kappa shape index (κ3) is 3.88. The first-order valence-electron chi connectivity index (χ1n) is 7.87. The van der Waals surface area contributed by atoms with E-state index in [1.807, 2.05) is 37.3 Å². The lowest BCUT2D eigenvalue weighted by Crippen LogP contribution is -2.35. The monoisotopic (exact) mass is 400 g/mol. The predicted molar refractivity (Wildman–Crippen MR) is 101 cm³/mol. The van der Waals surface area contributed by atoms with E-state index < -0.39 is 0 Å². The molecule has 0 atom stereocenters. The molecule has 1 heterocycles. The Morgan fingerprint density at radius 3 is 2.60 bits per heavy atom. The fraction of sp³-hybridized carbons (Fsp3) is 0.167. The van der Waals surface area contributed by atoms with Gasteiger partial charge in [-0.2, -0.15) is 0 Å². The predicted octanol–water partition coefficient (Wildman–Crippen LogP) is 2.86. The standard InChI is InChI=1S/C18H17BrN4O2/c1-2-23-17(25)14-5-3-4-6-15(14)20-18(23)22-21-16(24)11-12-7-9-13(19)10-8-12/h3-10H,2,11H2,1H3,(H,20,22)(H,21,24). The van der Waals surface area contributed by atoms with E-state index in [1.54, 1.807) is 18.2 Å². The van der Waals surface area contributed by atoms with Gasteiger partial charge in [0.1, 0.15) is 0 Å². The molecule has 3 aromatic rings. The van der Waals surface area contributed by atoms with Crippen molar-refractivity contribution in [1.29, 1.82) is 0 Å². The van der Waals surface area contributed by atoms with Crippen molar-refractivity contribution in [3.8, 4) is 0 Å². The van der Waals surface area contributed by atoms with Crippen LogP contribution in [-0.2, 0) is 17.8 Å². The maximum absolute atomic E-state index is 12.5. The molecular formula is C18H17BrN4O2. The number of hydrazine groups is 1. The average molecular weight is 401 g/mol. The van der Waals surface area contributed by atoms with Crippen molar-refractivity contribution in [3.05, 3.63) is 68.9 Å². The van der Waals surface area contributed by atoms with Crippen LogP contribution in [0.25, 0.3) is 10.9 Å². The zero-order valence-electron chi connectivity index (χ0n) is 13.6. The number of carbonyl (C=O) groups is 1. The Morgan fingerprint density at radius 2 is 1.88 bits per heavy atom. The molecule has 3 rings (SSSR count). The Hall–Kier alpha value is -2.67. The summed E-state index contributed by atoms with van der Waals surface area (Å²) in [5, 5.41) is 0.552. The first kappa shape index (κ1) is 17.2. The van der Waals surface area contributed by atoms with Crippen LogP contribution in [-0.4, -0.2) is 15.5 Å². The van der Waals surface area contributed by atoms with Crippen LogP contribution in [0.4, 0.5) is 5.95 Å². The van der Waals surface area contributed by atoms with Gasteiger partial charge in [-0.1, -0.05) is 40.2 Å². The normalized spacial score (nSPS) is 10.6. The highest BCUT2D eigenvalue weighted by Crippen LogP contribution is 2.12. The molecule has 0 unspecified atom stereocenters. The summed E-state index contributed by atoms with van der Waals surface area (Å²) in [6, 6.07) is 14.7. The molecule has 0 spiro atoms. The molecule has 0 saturated heterocycles. The molecule has 2 aromatic carbocycles. The smallest absolute Gasteiger partial charge is 0.262 e. The Labute approximate surface area is 153 Å². The number of amides is 1. The molecule has 0 aliphatic heterocycles. The van der Waals surface area contributed by atoms with Crippen LogP contribution in [0.5, 0.6) is 0 Å². The first-order valence-corrected chi connectivity index (χ1v) is 8.66. The van der Waals surface area contributed by atoms with Crippen molar-refractivity contribution in [2.24, 2.45) is 0 Å². The van der Waals surface area contributed by atoms with Crippen molar-refractivity contribution in [2.45, 2.75) is 19.9 Å². The fourth-order valence-corrected chi connectivity index (χ4v) is 2.78. The van der Waals surface area contributed by atoms with Crippen LogP contribution >= 0.6 is 15.9 Å². The van der Waals surface area contributed by atoms with E-state index in [-0.39, 0.29) is 17.9 Å². The number of aromatic nitrogens is 2. The van der Waals surface area contributed by atoms with Crippen LogP contribution < -0.4 is 16.4 Å². The van der Waals surface area contributed by atoms with Gasteiger partial charge in [-0.05, 0) is 36.8 Å². The summed E-state index contributed by atoms with van der Waals surface area (Å²) in [6.07, 6.45) is 0.226. The molecule has 1 amide bonds. The molecule has 0 bridgehead atoms. The van der Waals surface area contributed by atoms with Gasteiger partial charge in [-0.3, -0.25) is 25.0 Å². The van der Waals surface area contributed by atoms with Crippen LogP contribution in [0.2, 0.25) is 0 Å².